The van der Waals surface area contributed by atoms with E-state index in [2.05, 4.69) is 15.2 Å². The molecule has 1 N–H and O–H groups in total. The van der Waals surface area contributed by atoms with Gasteiger partial charge in [0.2, 0.25) is 0 Å². The fourth-order valence-corrected chi connectivity index (χ4v) is 3.63. The molecule has 7 heteroatoms. The molecule has 162 valence electrons. The number of nitrogens with one attached hydrogen (secondary N) is 1. The van der Waals surface area contributed by atoms with E-state index in [9.17, 15) is 9.18 Å². The number of pyridine rings is 1. The Bertz CT molecular complexity index is 1050. The Kier molecular flexibility index (Phi) is 6.74. The van der Waals surface area contributed by atoms with E-state index in [0.717, 1.165) is 49.3 Å². The molecule has 4 rings (SSSR count). The summed E-state index contributed by atoms with van der Waals surface area (Å²) < 4.78 is 24.5. The highest BCUT2D eigenvalue weighted by atomic mass is 19.1. The summed E-state index contributed by atoms with van der Waals surface area (Å²) in [7, 11) is 0. The summed E-state index contributed by atoms with van der Waals surface area (Å²) in [5.41, 5.74) is 2.77. The van der Waals surface area contributed by atoms with Crippen LogP contribution in [0.5, 0.6) is 5.75 Å². The van der Waals surface area contributed by atoms with Crippen molar-refractivity contribution in [2.24, 2.45) is 0 Å². The zero-order valence-electron chi connectivity index (χ0n) is 17.6. The molecule has 0 aliphatic carbocycles. The van der Waals surface area contributed by atoms with Gasteiger partial charge in [-0.2, -0.15) is 0 Å². The van der Waals surface area contributed by atoms with E-state index in [1.807, 2.05) is 25.1 Å². The highest BCUT2D eigenvalue weighted by molar-refractivity contribution is 5.99. The van der Waals surface area contributed by atoms with Gasteiger partial charge in [-0.3, -0.25) is 9.69 Å². The fourth-order valence-electron chi connectivity index (χ4n) is 3.63. The first-order valence-electron chi connectivity index (χ1n) is 10.6. The number of halogens is 1. The number of hydrogen-bond acceptors (Lipinski definition) is 5. The number of fused-ring (bicyclic) bond motifs is 1. The number of ether oxygens (including phenoxy) is 2. The van der Waals surface area contributed by atoms with Crippen LogP contribution < -0.4 is 10.1 Å². The lowest BCUT2D eigenvalue weighted by atomic mass is 10.1. The molecule has 1 saturated heterocycles. The van der Waals surface area contributed by atoms with Crippen LogP contribution in [-0.2, 0) is 4.74 Å². The van der Waals surface area contributed by atoms with Crippen molar-refractivity contribution < 1.29 is 18.7 Å². The van der Waals surface area contributed by atoms with Crippen molar-refractivity contribution in [1.29, 1.82) is 0 Å². The summed E-state index contributed by atoms with van der Waals surface area (Å²) in [6, 6.07) is 13.4. The van der Waals surface area contributed by atoms with E-state index in [1.54, 1.807) is 18.2 Å². The van der Waals surface area contributed by atoms with E-state index >= 15 is 0 Å². The summed E-state index contributed by atoms with van der Waals surface area (Å²) >= 11 is 0. The van der Waals surface area contributed by atoms with Gasteiger partial charge in [0.15, 0.2) is 0 Å². The number of amides is 1. The molecule has 1 aromatic heterocycles. The molecule has 1 fully saturated rings. The van der Waals surface area contributed by atoms with Crippen LogP contribution in [0.4, 0.5) is 4.39 Å². The van der Waals surface area contributed by atoms with Crippen LogP contribution in [0.1, 0.15) is 17.3 Å². The Morgan fingerprint density at radius 1 is 1.16 bits per heavy atom. The van der Waals surface area contributed by atoms with Crippen LogP contribution in [0.25, 0.3) is 22.2 Å². The van der Waals surface area contributed by atoms with Gasteiger partial charge >= 0.3 is 0 Å². The third-order valence-electron chi connectivity index (χ3n) is 5.29. The highest BCUT2D eigenvalue weighted by Gasteiger charge is 2.14. The molecule has 0 radical (unpaired) electrons. The van der Waals surface area contributed by atoms with Crippen molar-refractivity contribution in [3.63, 3.8) is 0 Å². The smallest absolute Gasteiger partial charge is 0.251 e. The predicted molar refractivity (Wildman–Crippen MR) is 118 cm³/mol. The van der Waals surface area contributed by atoms with Crippen molar-refractivity contribution in [3.05, 3.63) is 59.9 Å². The molecular weight excluding hydrogens is 397 g/mol. The second kappa shape index (κ2) is 9.85. The SMILES string of the molecule is CCOc1cc(-c2ccc(F)cc2)nc2ccc(C(=O)NCCN3CCOCC3)cc12. The first kappa shape index (κ1) is 21.2. The molecule has 2 heterocycles. The van der Waals surface area contributed by atoms with Gasteiger partial charge in [-0.15, -0.1) is 0 Å². The quantitative estimate of drug-likeness (QED) is 0.630. The first-order valence-corrected chi connectivity index (χ1v) is 10.6. The molecule has 0 bridgehead atoms. The Balaban J connectivity index is 1.54. The molecule has 0 atom stereocenters. The molecule has 6 nitrogen and oxygen atoms in total. The standard InChI is InChI=1S/C24H26FN3O3/c1-2-31-23-16-22(17-3-6-19(25)7-4-17)27-21-8-5-18(15-20(21)23)24(29)26-9-10-28-11-13-30-14-12-28/h3-8,15-16H,2,9-14H2,1H3,(H,26,29). The van der Waals surface area contributed by atoms with Crippen LogP contribution in [0.15, 0.2) is 48.5 Å². The molecule has 0 unspecified atom stereocenters. The monoisotopic (exact) mass is 423 g/mol. The van der Waals surface area contributed by atoms with Crippen LogP contribution in [-0.4, -0.2) is 61.8 Å². The van der Waals surface area contributed by atoms with Crippen molar-refractivity contribution >= 4 is 16.8 Å². The van der Waals surface area contributed by atoms with Gasteiger partial charge in [0.05, 0.1) is 31.0 Å². The lowest BCUT2D eigenvalue weighted by Crippen LogP contribution is -2.41. The van der Waals surface area contributed by atoms with Crippen molar-refractivity contribution in [1.82, 2.24) is 15.2 Å². The summed E-state index contributed by atoms with van der Waals surface area (Å²) in [5.74, 6) is 0.230. The number of nitrogens with zero attached hydrogens (tertiary/aromatic N) is 2. The Labute approximate surface area is 181 Å². The maximum atomic E-state index is 13.3. The molecule has 1 aliphatic rings. The number of carbonyl (C=O) groups is 1. The lowest BCUT2D eigenvalue weighted by Gasteiger charge is -2.26. The molecular formula is C24H26FN3O3. The van der Waals surface area contributed by atoms with Crippen LogP contribution >= 0.6 is 0 Å². The molecule has 0 spiro atoms. The number of morpholine rings is 1. The Morgan fingerprint density at radius 2 is 1.94 bits per heavy atom. The number of carbonyl (C=O) groups excluding carboxylic acids is 1. The van der Waals surface area contributed by atoms with Crippen molar-refractivity contribution in [3.8, 4) is 17.0 Å². The average Bonchev–Trinajstić information content (AvgIpc) is 2.80. The Morgan fingerprint density at radius 3 is 2.68 bits per heavy atom. The number of benzene rings is 2. The van der Waals surface area contributed by atoms with Crippen molar-refractivity contribution in [2.45, 2.75) is 6.92 Å². The molecule has 1 amide bonds. The predicted octanol–water partition coefficient (Wildman–Crippen LogP) is 3.50. The Hall–Kier alpha value is -3.03. The minimum Gasteiger partial charge on any atom is -0.493 e. The summed E-state index contributed by atoms with van der Waals surface area (Å²) in [6.07, 6.45) is 0. The lowest BCUT2D eigenvalue weighted by molar-refractivity contribution is 0.0383. The van der Waals surface area contributed by atoms with Gasteiger partial charge in [-0.1, -0.05) is 0 Å². The van der Waals surface area contributed by atoms with E-state index in [0.29, 0.717) is 30.2 Å². The molecule has 3 aromatic rings. The summed E-state index contributed by atoms with van der Waals surface area (Å²) in [4.78, 5) is 19.6. The van der Waals surface area contributed by atoms with Crippen LogP contribution in [0.3, 0.4) is 0 Å². The number of rotatable bonds is 7. The summed E-state index contributed by atoms with van der Waals surface area (Å²) in [6.45, 7) is 7.05. The highest BCUT2D eigenvalue weighted by Crippen LogP contribution is 2.31. The average molecular weight is 423 g/mol. The van der Waals surface area contributed by atoms with Crippen LogP contribution in [0, 0.1) is 5.82 Å². The van der Waals surface area contributed by atoms with Gasteiger partial charge in [-0.25, -0.2) is 9.37 Å². The summed E-state index contributed by atoms with van der Waals surface area (Å²) in [5, 5.41) is 3.76. The minimum absolute atomic E-state index is 0.125. The van der Waals surface area contributed by atoms with Gasteiger partial charge in [0.25, 0.3) is 5.91 Å². The zero-order valence-corrected chi connectivity index (χ0v) is 17.6. The van der Waals surface area contributed by atoms with Crippen molar-refractivity contribution in [2.75, 3.05) is 46.0 Å². The largest absolute Gasteiger partial charge is 0.493 e. The molecule has 1 aliphatic heterocycles. The maximum absolute atomic E-state index is 13.3. The topological polar surface area (TPSA) is 63.7 Å². The second-order valence-electron chi connectivity index (χ2n) is 7.39. The van der Waals surface area contributed by atoms with Gasteiger partial charge in [0, 0.05) is 48.8 Å². The van der Waals surface area contributed by atoms with E-state index in [4.69, 9.17) is 9.47 Å². The molecule has 0 saturated carbocycles. The van der Waals surface area contributed by atoms with E-state index in [1.165, 1.54) is 12.1 Å². The van der Waals surface area contributed by atoms with Gasteiger partial charge < -0.3 is 14.8 Å². The molecule has 31 heavy (non-hydrogen) atoms. The van der Waals surface area contributed by atoms with Gasteiger partial charge in [0.1, 0.15) is 11.6 Å². The number of hydrogen-bond donors (Lipinski definition) is 1. The third-order valence-corrected chi connectivity index (χ3v) is 5.29. The molecule has 2 aromatic carbocycles. The van der Waals surface area contributed by atoms with Crippen LogP contribution in [0.2, 0.25) is 0 Å². The maximum Gasteiger partial charge on any atom is 0.251 e. The normalized spacial score (nSPS) is 14.5. The van der Waals surface area contributed by atoms with E-state index < -0.39 is 0 Å². The first-order chi connectivity index (χ1) is 15.1. The zero-order chi connectivity index (χ0) is 21.6. The fraction of sp³-hybridized carbons (Fsp3) is 0.333. The number of aromatic nitrogens is 1. The second-order valence-corrected chi connectivity index (χ2v) is 7.39. The van der Waals surface area contributed by atoms with Gasteiger partial charge in [-0.05, 0) is 49.4 Å². The van der Waals surface area contributed by atoms with E-state index in [-0.39, 0.29) is 11.7 Å². The minimum atomic E-state index is -0.293. The third kappa shape index (κ3) is 5.18.